The number of rotatable bonds is 16. The lowest BCUT2D eigenvalue weighted by Crippen LogP contribution is -2.19. The molecule has 0 saturated heterocycles. The SMILES string of the molecule is CCCC/C=C/CCCCCCCCC(C)[N]CCCC. The van der Waals surface area contributed by atoms with Gasteiger partial charge in [0.25, 0.3) is 0 Å². The largest absolute Gasteiger partial charge is 0.239 e. The van der Waals surface area contributed by atoms with Gasteiger partial charge in [0.2, 0.25) is 0 Å². The van der Waals surface area contributed by atoms with Crippen LogP contribution in [0.4, 0.5) is 0 Å². The molecule has 1 unspecified atom stereocenters. The Balaban J connectivity index is 3.13. The molecule has 0 amide bonds. The first-order valence-electron chi connectivity index (χ1n) is 9.62. The summed E-state index contributed by atoms with van der Waals surface area (Å²) in [5, 5.41) is 4.70. The zero-order chi connectivity index (χ0) is 15.6. The summed E-state index contributed by atoms with van der Waals surface area (Å²) in [7, 11) is 0. The van der Waals surface area contributed by atoms with E-state index in [4.69, 9.17) is 5.32 Å². The number of unbranched alkanes of at least 4 members (excludes halogenated alkanes) is 9. The van der Waals surface area contributed by atoms with E-state index in [1.807, 2.05) is 0 Å². The van der Waals surface area contributed by atoms with Crippen molar-refractivity contribution in [3.05, 3.63) is 12.2 Å². The predicted molar refractivity (Wildman–Crippen MR) is 97.0 cm³/mol. The highest BCUT2D eigenvalue weighted by molar-refractivity contribution is 4.81. The number of hydrogen-bond donors (Lipinski definition) is 0. The Labute approximate surface area is 135 Å². The van der Waals surface area contributed by atoms with E-state index in [1.54, 1.807) is 0 Å². The van der Waals surface area contributed by atoms with Crippen molar-refractivity contribution in [2.24, 2.45) is 0 Å². The van der Waals surface area contributed by atoms with Crippen LogP contribution in [-0.4, -0.2) is 12.6 Å². The Morgan fingerprint density at radius 1 is 0.714 bits per heavy atom. The second-order valence-electron chi connectivity index (χ2n) is 6.42. The lowest BCUT2D eigenvalue weighted by atomic mass is 10.1. The van der Waals surface area contributed by atoms with Gasteiger partial charge < -0.3 is 0 Å². The normalized spacial score (nSPS) is 13.1. The van der Waals surface area contributed by atoms with Crippen molar-refractivity contribution >= 4 is 0 Å². The molecule has 0 aliphatic carbocycles. The summed E-state index contributed by atoms with van der Waals surface area (Å²) in [4.78, 5) is 0. The smallest absolute Gasteiger partial charge is 0.0217 e. The Bertz CT molecular complexity index is 210. The first kappa shape index (κ1) is 20.7. The predicted octanol–water partition coefficient (Wildman–Crippen LogP) is 6.65. The van der Waals surface area contributed by atoms with E-state index >= 15 is 0 Å². The van der Waals surface area contributed by atoms with Gasteiger partial charge in [-0.05, 0) is 39.0 Å². The molecular formula is C20H40N. The van der Waals surface area contributed by atoms with Crippen LogP contribution in [0.3, 0.4) is 0 Å². The molecule has 0 saturated carbocycles. The second-order valence-corrected chi connectivity index (χ2v) is 6.42. The summed E-state index contributed by atoms with van der Waals surface area (Å²) in [6.45, 7) is 7.85. The third-order valence-electron chi connectivity index (χ3n) is 4.09. The van der Waals surface area contributed by atoms with Crippen LogP contribution >= 0.6 is 0 Å². The molecule has 1 radical (unpaired) electrons. The van der Waals surface area contributed by atoms with E-state index < -0.39 is 0 Å². The molecule has 125 valence electrons. The maximum atomic E-state index is 4.70. The Hall–Kier alpha value is -0.300. The molecule has 0 aliphatic heterocycles. The van der Waals surface area contributed by atoms with Crippen molar-refractivity contribution in [3.8, 4) is 0 Å². The van der Waals surface area contributed by atoms with Crippen LogP contribution in [0.5, 0.6) is 0 Å². The molecule has 0 aromatic heterocycles. The summed E-state index contributed by atoms with van der Waals surface area (Å²) in [6.07, 6.45) is 22.2. The van der Waals surface area contributed by atoms with Gasteiger partial charge in [0, 0.05) is 12.6 Å². The first-order valence-corrected chi connectivity index (χ1v) is 9.62. The molecule has 0 spiro atoms. The van der Waals surface area contributed by atoms with Gasteiger partial charge >= 0.3 is 0 Å². The second kappa shape index (κ2) is 17.8. The summed E-state index contributed by atoms with van der Waals surface area (Å²) in [5.41, 5.74) is 0. The highest BCUT2D eigenvalue weighted by atomic mass is 14.9. The number of hydrogen-bond acceptors (Lipinski definition) is 0. The quantitative estimate of drug-likeness (QED) is 0.223. The fraction of sp³-hybridized carbons (Fsp3) is 0.900. The van der Waals surface area contributed by atoms with Gasteiger partial charge in [-0.25, -0.2) is 5.32 Å². The summed E-state index contributed by atoms with van der Waals surface area (Å²) in [5.74, 6) is 0. The molecule has 0 aromatic carbocycles. The maximum absolute atomic E-state index is 4.70. The molecule has 0 fully saturated rings. The fourth-order valence-corrected chi connectivity index (χ4v) is 2.53. The third kappa shape index (κ3) is 17.6. The van der Waals surface area contributed by atoms with Gasteiger partial charge in [0.05, 0.1) is 0 Å². The van der Waals surface area contributed by atoms with E-state index in [2.05, 4.69) is 32.9 Å². The molecule has 1 nitrogen and oxygen atoms in total. The molecule has 1 atom stereocenters. The minimum absolute atomic E-state index is 0.588. The van der Waals surface area contributed by atoms with Gasteiger partial charge in [0.15, 0.2) is 0 Å². The number of nitrogens with zero attached hydrogens (tertiary/aromatic N) is 1. The zero-order valence-electron chi connectivity index (χ0n) is 15.1. The lowest BCUT2D eigenvalue weighted by molar-refractivity contribution is 0.465. The monoisotopic (exact) mass is 294 g/mol. The average Bonchev–Trinajstić information content (AvgIpc) is 2.48. The van der Waals surface area contributed by atoms with Gasteiger partial charge in [-0.15, -0.1) is 0 Å². The molecule has 0 bridgehead atoms. The van der Waals surface area contributed by atoms with Crippen LogP contribution in [-0.2, 0) is 0 Å². The van der Waals surface area contributed by atoms with Gasteiger partial charge in [0.1, 0.15) is 0 Å². The first-order chi connectivity index (χ1) is 10.3. The van der Waals surface area contributed by atoms with Crippen LogP contribution in [0.1, 0.15) is 104 Å². The van der Waals surface area contributed by atoms with E-state index in [9.17, 15) is 0 Å². The van der Waals surface area contributed by atoms with Crippen LogP contribution in [0.25, 0.3) is 0 Å². The molecule has 0 aliphatic rings. The average molecular weight is 295 g/mol. The summed E-state index contributed by atoms with van der Waals surface area (Å²) >= 11 is 0. The van der Waals surface area contributed by atoms with Gasteiger partial charge in [-0.2, -0.15) is 0 Å². The summed E-state index contributed by atoms with van der Waals surface area (Å²) in [6, 6.07) is 0.588. The molecule has 21 heavy (non-hydrogen) atoms. The van der Waals surface area contributed by atoms with Gasteiger partial charge in [-0.1, -0.05) is 77.4 Å². The van der Waals surface area contributed by atoms with Crippen molar-refractivity contribution < 1.29 is 0 Å². The molecule has 0 aromatic rings. The Kier molecular flexibility index (Phi) is 17.5. The lowest BCUT2D eigenvalue weighted by Gasteiger charge is -2.10. The van der Waals surface area contributed by atoms with Crippen LogP contribution in [0, 0.1) is 0 Å². The molecule has 1 heteroatoms. The third-order valence-corrected chi connectivity index (χ3v) is 4.09. The highest BCUT2D eigenvalue weighted by Crippen LogP contribution is 2.10. The van der Waals surface area contributed by atoms with E-state index in [1.165, 1.54) is 83.5 Å². The molecule has 0 N–H and O–H groups in total. The van der Waals surface area contributed by atoms with E-state index in [-0.39, 0.29) is 0 Å². The van der Waals surface area contributed by atoms with Crippen LogP contribution < -0.4 is 5.32 Å². The molecular weight excluding hydrogens is 254 g/mol. The minimum atomic E-state index is 0.588. The standard InChI is InChI=1S/C20H40N/c1-4-6-8-9-10-11-12-13-14-15-16-17-18-20(3)21-19-7-5-2/h9-10,20H,4-8,11-19H2,1-3H3/b10-9+. The van der Waals surface area contributed by atoms with Crippen LogP contribution in [0.15, 0.2) is 12.2 Å². The van der Waals surface area contributed by atoms with Crippen molar-refractivity contribution in [1.29, 1.82) is 0 Å². The van der Waals surface area contributed by atoms with Gasteiger partial charge in [-0.3, -0.25) is 0 Å². The fourth-order valence-electron chi connectivity index (χ4n) is 2.53. The molecule has 0 rings (SSSR count). The highest BCUT2D eigenvalue weighted by Gasteiger charge is 2.01. The van der Waals surface area contributed by atoms with Crippen molar-refractivity contribution in [3.63, 3.8) is 0 Å². The Morgan fingerprint density at radius 2 is 1.29 bits per heavy atom. The van der Waals surface area contributed by atoms with E-state index in [0.717, 1.165) is 6.54 Å². The molecule has 0 heterocycles. The number of allylic oxidation sites excluding steroid dienone is 2. The van der Waals surface area contributed by atoms with E-state index in [0.29, 0.717) is 6.04 Å². The van der Waals surface area contributed by atoms with Crippen molar-refractivity contribution in [2.75, 3.05) is 6.54 Å². The van der Waals surface area contributed by atoms with Crippen molar-refractivity contribution in [1.82, 2.24) is 5.32 Å². The zero-order valence-corrected chi connectivity index (χ0v) is 15.1. The topological polar surface area (TPSA) is 14.1 Å². The van der Waals surface area contributed by atoms with Crippen molar-refractivity contribution in [2.45, 2.75) is 110 Å². The van der Waals surface area contributed by atoms with Crippen LogP contribution in [0.2, 0.25) is 0 Å². The summed E-state index contributed by atoms with van der Waals surface area (Å²) < 4.78 is 0. The maximum Gasteiger partial charge on any atom is 0.0217 e. The minimum Gasteiger partial charge on any atom is -0.239 e. The Morgan fingerprint density at radius 3 is 1.95 bits per heavy atom.